The summed E-state index contributed by atoms with van der Waals surface area (Å²) in [5.41, 5.74) is -0.587. The van der Waals surface area contributed by atoms with Crippen LogP contribution in [0.4, 0.5) is 4.79 Å². The Kier molecular flexibility index (Phi) is 10.1. The van der Waals surface area contributed by atoms with Crippen molar-refractivity contribution in [2.75, 3.05) is 19.7 Å². The third kappa shape index (κ3) is 7.88. The lowest BCUT2D eigenvalue weighted by Gasteiger charge is -2.34. The number of hydrogen-bond acceptors (Lipinski definition) is 6. The lowest BCUT2D eigenvalue weighted by atomic mass is 9.85. The van der Waals surface area contributed by atoms with E-state index in [0.29, 0.717) is 18.7 Å². The highest BCUT2D eigenvalue weighted by Crippen LogP contribution is 2.25. The second-order valence-electron chi connectivity index (χ2n) is 8.01. The third-order valence-electron chi connectivity index (χ3n) is 4.57. The summed E-state index contributed by atoms with van der Waals surface area (Å²) in [6.07, 6.45) is 6.96. The molecule has 0 saturated carbocycles. The molecule has 2 N–H and O–H groups in total. The van der Waals surface area contributed by atoms with Crippen LogP contribution in [0.3, 0.4) is 0 Å². The summed E-state index contributed by atoms with van der Waals surface area (Å²) >= 11 is 0. The van der Waals surface area contributed by atoms with Crippen LogP contribution in [0, 0.1) is 5.41 Å². The van der Waals surface area contributed by atoms with Crippen LogP contribution in [0.15, 0.2) is 24.2 Å². The Morgan fingerprint density at radius 3 is 2.50 bits per heavy atom. The maximum absolute atomic E-state index is 12.9. The predicted molar refractivity (Wildman–Crippen MR) is 111 cm³/mol. The molecule has 1 heterocycles. The molecule has 1 aliphatic heterocycles. The first-order valence-corrected chi connectivity index (χ1v) is 10.0. The van der Waals surface area contributed by atoms with Crippen molar-refractivity contribution < 1.29 is 28.7 Å². The topological polar surface area (TPSA) is 114 Å². The monoisotopic (exact) mass is 423 g/mol. The Bertz CT molecular complexity index is 681. The van der Waals surface area contributed by atoms with E-state index in [-0.39, 0.29) is 19.1 Å². The van der Waals surface area contributed by atoms with Gasteiger partial charge in [-0.25, -0.2) is 4.79 Å². The number of rotatable bonds is 9. The van der Waals surface area contributed by atoms with E-state index in [1.165, 1.54) is 11.2 Å². The molecule has 1 rings (SSSR count). The Labute approximate surface area is 177 Å². The van der Waals surface area contributed by atoms with Crippen LogP contribution in [0.1, 0.15) is 47.5 Å². The molecule has 0 radical (unpaired) electrons. The standard InChI is InChI=1S/C21H33N3O6/c1-6-11-29-16(7-2)14-30-17(26)12-22-20(28)23-18(21(3,4)5)19(27)24-10-8-9-15(24)13-25/h6-7,11,13,15,18H,8-10,12,14H2,1-5H3,(H2,22,23,28)/b11-6-,16-7-/t15-,18?/m0/s1. The minimum absolute atomic E-state index is 0.0614. The van der Waals surface area contributed by atoms with Crippen LogP contribution < -0.4 is 10.6 Å². The summed E-state index contributed by atoms with van der Waals surface area (Å²) < 4.78 is 10.3. The molecule has 168 valence electrons. The molecule has 30 heavy (non-hydrogen) atoms. The maximum Gasteiger partial charge on any atom is 0.325 e. The molecule has 1 fully saturated rings. The van der Waals surface area contributed by atoms with Crippen molar-refractivity contribution in [3.8, 4) is 0 Å². The number of ether oxygens (including phenoxy) is 2. The van der Waals surface area contributed by atoms with Gasteiger partial charge in [0.1, 0.15) is 31.2 Å². The first-order chi connectivity index (χ1) is 14.1. The summed E-state index contributed by atoms with van der Waals surface area (Å²) in [7, 11) is 0. The van der Waals surface area contributed by atoms with Crippen molar-refractivity contribution in [2.45, 2.75) is 59.5 Å². The summed E-state index contributed by atoms with van der Waals surface area (Å²) in [5.74, 6) is -0.499. The van der Waals surface area contributed by atoms with E-state index in [4.69, 9.17) is 9.47 Å². The van der Waals surface area contributed by atoms with Crippen molar-refractivity contribution in [3.63, 3.8) is 0 Å². The zero-order chi connectivity index (χ0) is 22.7. The Morgan fingerprint density at radius 1 is 1.23 bits per heavy atom. The molecule has 9 nitrogen and oxygen atoms in total. The predicted octanol–water partition coefficient (Wildman–Crippen LogP) is 1.89. The van der Waals surface area contributed by atoms with Gasteiger partial charge in [-0.2, -0.15) is 0 Å². The van der Waals surface area contributed by atoms with Crippen LogP contribution >= 0.6 is 0 Å². The number of carbonyl (C=O) groups excluding carboxylic acids is 4. The van der Waals surface area contributed by atoms with Gasteiger partial charge in [0, 0.05) is 6.54 Å². The van der Waals surface area contributed by atoms with Gasteiger partial charge in [-0.3, -0.25) is 9.59 Å². The van der Waals surface area contributed by atoms with Crippen LogP contribution in [0.2, 0.25) is 0 Å². The molecule has 0 aliphatic carbocycles. The van der Waals surface area contributed by atoms with Gasteiger partial charge in [0.25, 0.3) is 0 Å². The number of aldehydes is 1. The number of likely N-dealkylation sites (tertiary alicyclic amines) is 1. The van der Waals surface area contributed by atoms with Crippen molar-refractivity contribution in [3.05, 3.63) is 24.2 Å². The number of urea groups is 1. The smallest absolute Gasteiger partial charge is 0.325 e. The lowest BCUT2D eigenvalue weighted by molar-refractivity contribution is -0.142. The molecule has 0 bridgehead atoms. The number of carbonyl (C=O) groups is 4. The minimum atomic E-state index is -0.849. The fourth-order valence-corrected chi connectivity index (χ4v) is 2.90. The molecular weight excluding hydrogens is 390 g/mol. The second kappa shape index (κ2) is 12.0. The maximum atomic E-state index is 12.9. The molecular formula is C21H33N3O6. The Morgan fingerprint density at radius 2 is 1.93 bits per heavy atom. The third-order valence-corrected chi connectivity index (χ3v) is 4.57. The molecule has 0 aromatic carbocycles. The van der Waals surface area contributed by atoms with Gasteiger partial charge in [-0.05, 0) is 38.2 Å². The average molecular weight is 424 g/mol. The molecule has 9 heteroatoms. The number of allylic oxidation sites excluding steroid dienone is 2. The van der Waals surface area contributed by atoms with Gasteiger partial charge in [0.2, 0.25) is 5.91 Å². The highest BCUT2D eigenvalue weighted by atomic mass is 16.6. The van der Waals surface area contributed by atoms with E-state index in [1.807, 2.05) is 20.8 Å². The minimum Gasteiger partial charge on any atom is -0.466 e. The summed E-state index contributed by atoms with van der Waals surface area (Å²) in [5, 5.41) is 5.03. The fourth-order valence-electron chi connectivity index (χ4n) is 2.90. The average Bonchev–Trinajstić information content (AvgIpc) is 3.18. The van der Waals surface area contributed by atoms with Crippen molar-refractivity contribution in [1.29, 1.82) is 0 Å². The van der Waals surface area contributed by atoms with Crippen molar-refractivity contribution >= 4 is 24.2 Å². The SMILES string of the molecule is C/C=C\O/C(=C\C)COC(=O)CNC(=O)NC(C(=O)N1CCC[C@H]1C=O)C(C)(C)C. The first kappa shape index (κ1) is 25.2. The molecule has 1 saturated heterocycles. The van der Waals surface area contributed by atoms with E-state index in [9.17, 15) is 19.2 Å². The summed E-state index contributed by atoms with van der Waals surface area (Å²) in [6, 6.07) is -1.98. The van der Waals surface area contributed by atoms with Crippen molar-refractivity contribution in [2.24, 2.45) is 5.41 Å². The zero-order valence-electron chi connectivity index (χ0n) is 18.4. The molecule has 0 spiro atoms. The summed E-state index contributed by atoms with van der Waals surface area (Å²) in [6.45, 7) is 9.05. The number of amides is 3. The first-order valence-electron chi connectivity index (χ1n) is 10.0. The quantitative estimate of drug-likeness (QED) is 0.333. The number of esters is 1. The van der Waals surface area contributed by atoms with Crippen LogP contribution in [0.25, 0.3) is 0 Å². The number of nitrogens with one attached hydrogen (secondary N) is 2. The lowest BCUT2D eigenvalue weighted by Crippen LogP contribution is -2.58. The van der Waals surface area contributed by atoms with Gasteiger partial charge < -0.3 is 29.8 Å². The zero-order valence-corrected chi connectivity index (χ0v) is 18.4. The summed E-state index contributed by atoms with van der Waals surface area (Å²) in [4.78, 5) is 49.8. The van der Waals surface area contributed by atoms with E-state index in [2.05, 4.69) is 10.6 Å². The van der Waals surface area contributed by atoms with Gasteiger partial charge in [-0.15, -0.1) is 0 Å². The van der Waals surface area contributed by atoms with Gasteiger partial charge in [0.05, 0.1) is 12.3 Å². The van der Waals surface area contributed by atoms with Crippen LogP contribution in [0.5, 0.6) is 0 Å². The van der Waals surface area contributed by atoms with Gasteiger partial charge >= 0.3 is 12.0 Å². The van der Waals surface area contributed by atoms with E-state index >= 15 is 0 Å². The van der Waals surface area contributed by atoms with E-state index in [1.54, 1.807) is 26.0 Å². The molecule has 0 aromatic rings. The highest BCUT2D eigenvalue weighted by Gasteiger charge is 2.39. The second-order valence-corrected chi connectivity index (χ2v) is 8.01. The van der Waals surface area contributed by atoms with Crippen LogP contribution in [-0.2, 0) is 23.9 Å². The molecule has 1 unspecified atom stereocenters. The van der Waals surface area contributed by atoms with E-state index < -0.39 is 29.5 Å². The van der Waals surface area contributed by atoms with Crippen molar-refractivity contribution in [1.82, 2.24) is 15.5 Å². The van der Waals surface area contributed by atoms with Gasteiger partial charge in [0.15, 0.2) is 0 Å². The molecule has 0 aromatic heterocycles. The Hall–Kier alpha value is -2.84. The molecule has 2 atom stereocenters. The fraction of sp³-hybridized carbons (Fsp3) is 0.619. The largest absolute Gasteiger partial charge is 0.466 e. The Balaban J connectivity index is 2.59. The highest BCUT2D eigenvalue weighted by molar-refractivity contribution is 5.90. The number of hydrogen-bond donors (Lipinski definition) is 2. The number of nitrogens with zero attached hydrogens (tertiary/aromatic N) is 1. The molecule has 3 amide bonds. The van der Waals surface area contributed by atoms with Gasteiger partial charge in [-0.1, -0.05) is 26.8 Å². The van der Waals surface area contributed by atoms with E-state index in [0.717, 1.165) is 12.7 Å². The normalized spacial score (nSPS) is 18.1. The molecule has 1 aliphatic rings. The van der Waals surface area contributed by atoms with Crippen LogP contribution in [-0.4, -0.2) is 60.9 Å².